The fourth-order valence-corrected chi connectivity index (χ4v) is 2.46. The highest BCUT2D eigenvalue weighted by molar-refractivity contribution is 9.10. The standard InChI is InChI=1S/C15H12BrN3O3/c16-10-6-12-13(18-14(20)17-12)7-11(10)19-15(21)22-8-9-4-2-1-3-5-9/h1-7H,8H2,(H,19,21)(H2,17,18,20). The zero-order valence-electron chi connectivity index (χ0n) is 11.4. The lowest BCUT2D eigenvalue weighted by atomic mass is 10.2. The summed E-state index contributed by atoms with van der Waals surface area (Å²) in [4.78, 5) is 28.4. The van der Waals surface area contributed by atoms with Crippen LogP contribution in [0.5, 0.6) is 0 Å². The largest absolute Gasteiger partial charge is 0.444 e. The molecule has 1 aromatic heterocycles. The Labute approximate surface area is 133 Å². The van der Waals surface area contributed by atoms with E-state index in [0.29, 0.717) is 21.2 Å². The first kappa shape index (κ1) is 14.4. The molecule has 7 heteroatoms. The minimum Gasteiger partial charge on any atom is -0.444 e. The van der Waals surface area contributed by atoms with E-state index in [0.717, 1.165) is 5.56 Å². The number of fused-ring (bicyclic) bond motifs is 1. The van der Waals surface area contributed by atoms with E-state index < -0.39 is 6.09 Å². The van der Waals surface area contributed by atoms with Crippen LogP contribution < -0.4 is 11.0 Å². The molecule has 0 atom stereocenters. The molecule has 0 saturated carbocycles. The highest BCUT2D eigenvalue weighted by Crippen LogP contribution is 2.26. The van der Waals surface area contributed by atoms with E-state index >= 15 is 0 Å². The number of nitrogens with one attached hydrogen (secondary N) is 3. The van der Waals surface area contributed by atoms with E-state index in [1.807, 2.05) is 30.3 Å². The van der Waals surface area contributed by atoms with Crippen LogP contribution in [0.1, 0.15) is 5.56 Å². The van der Waals surface area contributed by atoms with Crippen LogP contribution in [0.2, 0.25) is 0 Å². The second kappa shape index (κ2) is 6.07. The maximum absolute atomic E-state index is 11.8. The number of halogens is 1. The number of benzene rings is 2. The summed E-state index contributed by atoms with van der Waals surface area (Å²) < 4.78 is 5.80. The van der Waals surface area contributed by atoms with Crippen molar-refractivity contribution in [1.29, 1.82) is 0 Å². The van der Waals surface area contributed by atoms with Crippen molar-refractivity contribution in [2.24, 2.45) is 0 Å². The number of carbonyl (C=O) groups excluding carboxylic acids is 1. The summed E-state index contributed by atoms with van der Waals surface area (Å²) in [5.41, 5.74) is 2.38. The molecule has 6 nitrogen and oxygen atoms in total. The number of ether oxygens (including phenoxy) is 1. The Balaban J connectivity index is 1.71. The van der Waals surface area contributed by atoms with Crippen molar-refractivity contribution < 1.29 is 9.53 Å². The number of amides is 1. The topological polar surface area (TPSA) is 87.0 Å². The molecular weight excluding hydrogens is 350 g/mol. The molecule has 3 N–H and O–H groups in total. The molecule has 0 unspecified atom stereocenters. The van der Waals surface area contributed by atoms with E-state index in [9.17, 15) is 9.59 Å². The average molecular weight is 362 g/mol. The molecule has 1 amide bonds. The van der Waals surface area contributed by atoms with Gasteiger partial charge in [0, 0.05) is 4.47 Å². The van der Waals surface area contributed by atoms with Gasteiger partial charge in [0.25, 0.3) is 0 Å². The van der Waals surface area contributed by atoms with E-state index in [2.05, 4.69) is 31.2 Å². The summed E-state index contributed by atoms with van der Waals surface area (Å²) in [6.07, 6.45) is -0.568. The molecule has 3 aromatic rings. The average Bonchev–Trinajstić information content (AvgIpc) is 2.85. The number of hydrogen-bond donors (Lipinski definition) is 3. The highest BCUT2D eigenvalue weighted by Gasteiger charge is 2.09. The van der Waals surface area contributed by atoms with Crippen LogP contribution in [-0.4, -0.2) is 16.1 Å². The summed E-state index contributed by atoms with van der Waals surface area (Å²) in [7, 11) is 0. The summed E-state index contributed by atoms with van der Waals surface area (Å²) in [5, 5.41) is 2.64. The number of hydrogen-bond acceptors (Lipinski definition) is 3. The first-order valence-electron chi connectivity index (χ1n) is 6.51. The van der Waals surface area contributed by atoms with Gasteiger partial charge in [0.15, 0.2) is 0 Å². The summed E-state index contributed by atoms with van der Waals surface area (Å²) in [5.74, 6) is 0. The quantitative estimate of drug-likeness (QED) is 0.668. The van der Waals surface area contributed by atoms with Crippen molar-refractivity contribution in [2.75, 3.05) is 5.32 Å². The van der Waals surface area contributed by atoms with Crippen LogP contribution >= 0.6 is 15.9 Å². The van der Waals surface area contributed by atoms with Crippen LogP contribution in [0.3, 0.4) is 0 Å². The van der Waals surface area contributed by atoms with Gasteiger partial charge in [0.1, 0.15) is 6.61 Å². The molecule has 0 saturated heterocycles. The number of anilines is 1. The Kier molecular flexibility index (Phi) is 3.97. The van der Waals surface area contributed by atoms with Gasteiger partial charge >= 0.3 is 11.8 Å². The fourth-order valence-electron chi connectivity index (χ4n) is 2.02. The van der Waals surface area contributed by atoms with Gasteiger partial charge in [-0.1, -0.05) is 30.3 Å². The Morgan fingerprint density at radius 3 is 2.55 bits per heavy atom. The Morgan fingerprint density at radius 1 is 1.14 bits per heavy atom. The number of imidazole rings is 1. The van der Waals surface area contributed by atoms with E-state index in [1.165, 1.54) is 0 Å². The maximum atomic E-state index is 11.8. The predicted molar refractivity (Wildman–Crippen MR) is 86.9 cm³/mol. The van der Waals surface area contributed by atoms with E-state index in [1.54, 1.807) is 12.1 Å². The third kappa shape index (κ3) is 3.20. The molecule has 2 aromatic carbocycles. The molecule has 3 rings (SSSR count). The number of aromatic amines is 2. The lowest BCUT2D eigenvalue weighted by molar-refractivity contribution is 0.155. The van der Waals surface area contributed by atoms with Crippen LogP contribution in [-0.2, 0) is 11.3 Å². The molecule has 0 aliphatic carbocycles. The van der Waals surface area contributed by atoms with Gasteiger partial charge in [-0.3, -0.25) is 5.32 Å². The zero-order chi connectivity index (χ0) is 15.5. The van der Waals surface area contributed by atoms with Crippen molar-refractivity contribution in [3.63, 3.8) is 0 Å². The maximum Gasteiger partial charge on any atom is 0.411 e. The third-order valence-corrected chi connectivity index (χ3v) is 3.71. The molecular formula is C15H12BrN3O3. The first-order chi connectivity index (χ1) is 10.6. The second-order valence-corrected chi connectivity index (χ2v) is 5.50. The lowest BCUT2D eigenvalue weighted by Gasteiger charge is -2.08. The summed E-state index contributed by atoms with van der Waals surface area (Å²) >= 11 is 3.34. The van der Waals surface area contributed by atoms with Gasteiger partial charge in [-0.2, -0.15) is 0 Å². The number of carbonyl (C=O) groups is 1. The zero-order valence-corrected chi connectivity index (χ0v) is 12.9. The van der Waals surface area contributed by atoms with Gasteiger partial charge in [0.2, 0.25) is 0 Å². The molecule has 0 fully saturated rings. The van der Waals surface area contributed by atoms with Crippen LogP contribution in [0.15, 0.2) is 51.7 Å². The van der Waals surface area contributed by atoms with Crippen LogP contribution in [0.25, 0.3) is 11.0 Å². The van der Waals surface area contributed by atoms with Gasteiger partial charge < -0.3 is 14.7 Å². The molecule has 0 aliphatic rings. The van der Waals surface area contributed by atoms with Crippen molar-refractivity contribution in [1.82, 2.24) is 9.97 Å². The van der Waals surface area contributed by atoms with Gasteiger partial charge in [-0.25, -0.2) is 9.59 Å². The first-order valence-corrected chi connectivity index (χ1v) is 7.30. The highest BCUT2D eigenvalue weighted by atomic mass is 79.9. The molecule has 0 bridgehead atoms. The molecule has 0 radical (unpaired) electrons. The van der Waals surface area contributed by atoms with E-state index in [-0.39, 0.29) is 12.3 Å². The fraction of sp³-hybridized carbons (Fsp3) is 0.0667. The van der Waals surface area contributed by atoms with Gasteiger partial charge in [-0.15, -0.1) is 0 Å². The van der Waals surface area contributed by atoms with E-state index in [4.69, 9.17) is 4.74 Å². The monoisotopic (exact) mass is 361 g/mol. The van der Waals surface area contributed by atoms with Crippen LogP contribution in [0.4, 0.5) is 10.5 Å². The van der Waals surface area contributed by atoms with Crippen molar-refractivity contribution >= 4 is 38.7 Å². The smallest absolute Gasteiger partial charge is 0.411 e. The molecule has 0 spiro atoms. The molecule has 0 aliphatic heterocycles. The minimum absolute atomic E-state index is 0.188. The SMILES string of the molecule is O=C(Nc1cc2[nH]c(=O)[nH]c2cc1Br)OCc1ccccc1. The third-order valence-electron chi connectivity index (χ3n) is 3.05. The number of rotatable bonds is 3. The molecule has 1 heterocycles. The van der Waals surface area contributed by atoms with Crippen LogP contribution in [0, 0.1) is 0 Å². The van der Waals surface area contributed by atoms with Crippen molar-refractivity contribution in [3.05, 3.63) is 63.0 Å². The lowest BCUT2D eigenvalue weighted by Crippen LogP contribution is -2.13. The summed E-state index contributed by atoms with van der Waals surface area (Å²) in [6.45, 7) is 0.188. The molecule has 22 heavy (non-hydrogen) atoms. The Bertz CT molecular complexity index is 871. The summed E-state index contributed by atoms with van der Waals surface area (Å²) in [6, 6.07) is 12.8. The Hall–Kier alpha value is -2.54. The number of H-pyrrole nitrogens is 2. The second-order valence-electron chi connectivity index (χ2n) is 4.64. The Morgan fingerprint density at radius 2 is 1.82 bits per heavy atom. The molecule has 112 valence electrons. The van der Waals surface area contributed by atoms with Crippen molar-refractivity contribution in [2.45, 2.75) is 6.61 Å². The van der Waals surface area contributed by atoms with Gasteiger partial charge in [0.05, 0.1) is 16.7 Å². The van der Waals surface area contributed by atoms with Crippen molar-refractivity contribution in [3.8, 4) is 0 Å². The minimum atomic E-state index is -0.568. The number of aromatic nitrogens is 2. The van der Waals surface area contributed by atoms with Gasteiger partial charge in [-0.05, 0) is 33.6 Å². The normalized spacial score (nSPS) is 10.6. The predicted octanol–water partition coefficient (Wildman–Crippen LogP) is 3.37.